The predicted octanol–water partition coefficient (Wildman–Crippen LogP) is 1.71. The Bertz CT molecular complexity index is 301. The molecule has 0 saturated carbocycles. The molecule has 4 nitrogen and oxygen atoms in total. The summed E-state index contributed by atoms with van der Waals surface area (Å²) in [6.07, 6.45) is 5.15. The second-order valence-corrected chi connectivity index (χ2v) is 3.36. The Morgan fingerprint density at radius 1 is 1.60 bits per heavy atom. The lowest BCUT2D eigenvalue weighted by Crippen LogP contribution is -2.27. The average molecular weight is 208 g/mol. The molecule has 0 spiro atoms. The van der Waals surface area contributed by atoms with E-state index in [0.29, 0.717) is 6.54 Å². The molecule has 1 amide bonds. The van der Waals surface area contributed by atoms with Crippen molar-refractivity contribution in [2.24, 2.45) is 0 Å². The van der Waals surface area contributed by atoms with Crippen LogP contribution >= 0.6 is 0 Å². The van der Waals surface area contributed by atoms with E-state index in [4.69, 9.17) is 0 Å². The van der Waals surface area contributed by atoms with E-state index in [2.05, 4.69) is 9.72 Å². The number of nitrogens with zero attached hydrogens (tertiary/aromatic N) is 2. The standard InChI is InChI=1S/C11H16N2O2/c1-13(11(14)15-2)8-4-6-10-5-3-7-12-9-10/h3,5,7,9H,4,6,8H2,1-2H3. The van der Waals surface area contributed by atoms with Crippen molar-refractivity contribution in [3.05, 3.63) is 30.1 Å². The van der Waals surface area contributed by atoms with E-state index < -0.39 is 0 Å². The van der Waals surface area contributed by atoms with E-state index in [1.165, 1.54) is 12.7 Å². The molecule has 0 fully saturated rings. The van der Waals surface area contributed by atoms with Crippen molar-refractivity contribution < 1.29 is 9.53 Å². The molecule has 82 valence electrons. The van der Waals surface area contributed by atoms with Gasteiger partial charge in [0, 0.05) is 26.0 Å². The van der Waals surface area contributed by atoms with E-state index in [1.54, 1.807) is 18.1 Å². The number of aromatic nitrogens is 1. The Kier molecular flexibility index (Phi) is 4.60. The molecule has 1 rings (SSSR count). The molecule has 0 saturated heterocycles. The Hall–Kier alpha value is -1.58. The summed E-state index contributed by atoms with van der Waals surface area (Å²) in [5, 5.41) is 0. The van der Waals surface area contributed by atoms with Crippen LogP contribution in [0.25, 0.3) is 0 Å². The normalized spacial score (nSPS) is 9.73. The van der Waals surface area contributed by atoms with Gasteiger partial charge in [0.05, 0.1) is 7.11 Å². The van der Waals surface area contributed by atoms with E-state index in [9.17, 15) is 4.79 Å². The van der Waals surface area contributed by atoms with Crippen LogP contribution < -0.4 is 0 Å². The summed E-state index contributed by atoms with van der Waals surface area (Å²) in [5.41, 5.74) is 1.19. The van der Waals surface area contributed by atoms with Crippen molar-refractivity contribution in [2.45, 2.75) is 12.8 Å². The smallest absolute Gasteiger partial charge is 0.409 e. The Labute approximate surface area is 89.9 Å². The zero-order chi connectivity index (χ0) is 11.1. The van der Waals surface area contributed by atoms with Crippen molar-refractivity contribution in [1.82, 2.24) is 9.88 Å². The fourth-order valence-corrected chi connectivity index (χ4v) is 1.31. The molecule has 0 unspecified atom stereocenters. The van der Waals surface area contributed by atoms with Crippen LogP contribution in [0.2, 0.25) is 0 Å². The number of amides is 1. The van der Waals surface area contributed by atoms with Crippen molar-refractivity contribution >= 4 is 6.09 Å². The summed E-state index contributed by atoms with van der Waals surface area (Å²) in [7, 11) is 3.12. The minimum atomic E-state index is -0.291. The van der Waals surface area contributed by atoms with E-state index in [-0.39, 0.29) is 6.09 Å². The molecular weight excluding hydrogens is 192 g/mol. The number of methoxy groups -OCH3 is 1. The fraction of sp³-hybridized carbons (Fsp3) is 0.455. The molecule has 1 heterocycles. The molecule has 4 heteroatoms. The molecule has 0 aliphatic heterocycles. The summed E-state index contributed by atoms with van der Waals surface area (Å²) in [4.78, 5) is 16.6. The second-order valence-electron chi connectivity index (χ2n) is 3.36. The highest BCUT2D eigenvalue weighted by Crippen LogP contribution is 2.01. The van der Waals surface area contributed by atoms with Gasteiger partial charge in [-0.1, -0.05) is 6.07 Å². The summed E-state index contributed by atoms with van der Waals surface area (Å²) < 4.78 is 4.59. The number of pyridine rings is 1. The number of carbonyl (C=O) groups is 1. The molecule has 0 aliphatic rings. The number of hydrogen-bond acceptors (Lipinski definition) is 3. The van der Waals surface area contributed by atoms with Gasteiger partial charge in [-0.15, -0.1) is 0 Å². The highest BCUT2D eigenvalue weighted by atomic mass is 16.5. The largest absolute Gasteiger partial charge is 0.453 e. The highest BCUT2D eigenvalue weighted by molar-refractivity contribution is 5.66. The fourth-order valence-electron chi connectivity index (χ4n) is 1.31. The molecule has 15 heavy (non-hydrogen) atoms. The minimum absolute atomic E-state index is 0.291. The van der Waals surface area contributed by atoms with Gasteiger partial charge in [-0.05, 0) is 24.5 Å². The Morgan fingerprint density at radius 2 is 2.40 bits per heavy atom. The molecule has 0 aromatic carbocycles. The number of aryl methyl sites for hydroxylation is 1. The first-order valence-electron chi connectivity index (χ1n) is 4.92. The van der Waals surface area contributed by atoms with Gasteiger partial charge in [-0.2, -0.15) is 0 Å². The highest BCUT2D eigenvalue weighted by Gasteiger charge is 2.06. The SMILES string of the molecule is COC(=O)N(C)CCCc1cccnc1. The summed E-state index contributed by atoms with van der Waals surface area (Å²) in [5.74, 6) is 0. The lowest BCUT2D eigenvalue weighted by molar-refractivity contribution is 0.133. The summed E-state index contributed by atoms with van der Waals surface area (Å²) in [6, 6.07) is 3.95. The lowest BCUT2D eigenvalue weighted by Gasteiger charge is -2.14. The van der Waals surface area contributed by atoms with Crippen LogP contribution in [0.3, 0.4) is 0 Å². The second kappa shape index (κ2) is 6.01. The van der Waals surface area contributed by atoms with Crippen LogP contribution in [0.1, 0.15) is 12.0 Å². The van der Waals surface area contributed by atoms with Crippen LogP contribution in [0, 0.1) is 0 Å². The molecule has 0 aliphatic carbocycles. The monoisotopic (exact) mass is 208 g/mol. The third-order valence-electron chi connectivity index (χ3n) is 2.17. The zero-order valence-electron chi connectivity index (χ0n) is 9.14. The lowest BCUT2D eigenvalue weighted by atomic mass is 10.1. The maximum Gasteiger partial charge on any atom is 0.409 e. The van der Waals surface area contributed by atoms with Gasteiger partial charge in [0.25, 0.3) is 0 Å². The van der Waals surface area contributed by atoms with E-state index in [1.807, 2.05) is 18.3 Å². The average Bonchev–Trinajstić information content (AvgIpc) is 2.29. The Balaban J connectivity index is 2.25. The zero-order valence-corrected chi connectivity index (χ0v) is 9.14. The number of hydrogen-bond donors (Lipinski definition) is 0. The quantitative estimate of drug-likeness (QED) is 0.756. The van der Waals surface area contributed by atoms with Crippen LogP contribution in [0.4, 0.5) is 4.79 Å². The third-order valence-corrected chi connectivity index (χ3v) is 2.17. The third kappa shape index (κ3) is 3.97. The first-order chi connectivity index (χ1) is 7.24. The van der Waals surface area contributed by atoms with Gasteiger partial charge in [0.1, 0.15) is 0 Å². The van der Waals surface area contributed by atoms with Crippen molar-refractivity contribution in [1.29, 1.82) is 0 Å². The molecular formula is C11H16N2O2. The van der Waals surface area contributed by atoms with Crippen LogP contribution in [-0.2, 0) is 11.2 Å². The first kappa shape index (κ1) is 11.5. The van der Waals surface area contributed by atoms with Crippen LogP contribution in [-0.4, -0.2) is 36.7 Å². The van der Waals surface area contributed by atoms with E-state index in [0.717, 1.165) is 12.8 Å². The molecule has 0 N–H and O–H groups in total. The number of carbonyl (C=O) groups excluding carboxylic acids is 1. The maximum absolute atomic E-state index is 11.0. The molecule has 1 aromatic rings. The maximum atomic E-state index is 11.0. The topological polar surface area (TPSA) is 42.4 Å². The van der Waals surface area contributed by atoms with Crippen LogP contribution in [0.5, 0.6) is 0 Å². The predicted molar refractivity (Wildman–Crippen MR) is 57.6 cm³/mol. The van der Waals surface area contributed by atoms with Gasteiger partial charge in [-0.25, -0.2) is 4.79 Å². The molecule has 0 radical (unpaired) electrons. The van der Waals surface area contributed by atoms with E-state index >= 15 is 0 Å². The van der Waals surface area contributed by atoms with Gasteiger partial charge in [-0.3, -0.25) is 4.98 Å². The first-order valence-corrected chi connectivity index (χ1v) is 4.92. The van der Waals surface area contributed by atoms with Gasteiger partial charge in [0.2, 0.25) is 0 Å². The van der Waals surface area contributed by atoms with Crippen molar-refractivity contribution in [3.8, 4) is 0 Å². The molecule has 1 aromatic heterocycles. The molecule has 0 bridgehead atoms. The summed E-state index contributed by atoms with van der Waals surface area (Å²) in [6.45, 7) is 0.696. The number of ether oxygens (including phenoxy) is 1. The summed E-state index contributed by atoms with van der Waals surface area (Å²) >= 11 is 0. The van der Waals surface area contributed by atoms with Crippen molar-refractivity contribution in [2.75, 3.05) is 20.7 Å². The van der Waals surface area contributed by atoms with Crippen molar-refractivity contribution in [3.63, 3.8) is 0 Å². The number of rotatable bonds is 4. The minimum Gasteiger partial charge on any atom is -0.453 e. The van der Waals surface area contributed by atoms with Crippen LogP contribution in [0.15, 0.2) is 24.5 Å². The van der Waals surface area contributed by atoms with Gasteiger partial charge in [0.15, 0.2) is 0 Å². The van der Waals surface area contributed by atoms with Gasteiger partial charge >= 0.3 is 6.09 Å². The van der Waals surface area contributed by atoms with Gasteiger partial charge < -0.3 is 9.64 Å². The molecule has 0 atom stereocenters. The Morgan fingerprint density at radius 3 is 3.00 bits per heavy atom.